The lowest BCUT2D eigenvalue weighted by atomic mass is 10.1. The minimum atomic E-state index is 0.333. The Bertz CT molecular complexity index is 815. The van der Waals surface area contributed by atoms with Crippen molar-refractivity contribution in [2.45, 2.75) is 46.8 Å². The highest BCUT2D eigenvalue weighted by atomic mass is 15.3. The molecule has 0 aliphatic heterocycles. The van der Waals surface area contributed by atoms with Crippen LogP contribution in [0.5, 0.6) is 0 Å². The largest absolute Gasteiger partial charge is 0.308 e. The SMILES string of the molecule is Cc1cc(C)n(C[C@@H](C)NCc2ccccc2-n2ccnc2C)n1. The molecule has 0 fully saturated rings. The quantitative estimate of drug-likeness (QED) is 0.758. The van der Waals surface area contributed by atoms with Gasteiger partial charge in [0.05, 0.1) is 17.9 Å². The maximum atomic E-state index is 4.54. The van der Waals surface area contributed by atoms with Crippen molar-refractivity contribution >= 4 is 0 Å². The lowest BCUT2D eigenvalue weighted by Crippen LogP contribution is -2.31. The van der Waals surface area contributed by atoms with Gasteiger partial charge in [-0.1, -0.05) is 18.2 Å². The van der Waals surface area contributed by atoms with Crippen LogP contribution in [0.4, 0.5) is 0 Å². The molecule has 3 aromatic rings. The molecule has 2 aromatic heterocycles. The summed E-state index contributed by atoms with van der Waals surface area (Å²) in [5, 5.41) is 8.15. The van der Waals surface area contributed by atoms with E-state index < -0.39 is 0 Å². The Hall–Kier alpha value is -2.40. The number of para-hydroxylation sites is 1. The number of aryl methyl sites for hydroxylation is 3. The van der Waals surface area contributed by atoms with E-state index in [1.165, 1.54) is 16.9 Å². The van der Waals surface area contributed by atoms with Crippen LogP contribution in [-0.2, 0) is 13.1 Å². The zero-order chi connectivity index (χ0) is 17.1. The highest BCUT2D eigenvalue weighted by Gasteiger charge is 2.10. The highest BCUT2D eigenvalue weighted by Crippen LogP contribution is 2.16. The van der Waals surface area contributed by atoms with E-state index in [4.69, 9.17) is 0 Å². The van der Waals surface area contributed by atoms with Crippen LogP contribution < -0.4 is 5.32 Å². The number of hydrogen-bond donors (Lipinski definition) is 1. The number of nitrogens with zero attached hydrogens (tertiary/aromatic N) is 4. The van der Waals surface area contributed by atoms with Gasteiger partial charge in [-0.3, -0.25) is 4.68 Å². The van der Waals surface area contributed by atoms with Gasteiger partial charge in [-0.25, -0.2) is 4.98 Å². The third-order valence-corrected chi connectivity index (χ3v) is 4.27. The molecule has 24 heavy (non-hydrogen) atoms. The second-order valence-electron chi connectivity index (χ2n) is 6.36. The fraction of sp³-hybridized carbons (Fsp3) is 0.368. The van der Waals surface area contributed by atoms with Crippen LogP contribution in [0.25, 0.3) is 5.69 Å². The van der Waals surface area contributed by atoms with E-state index in [0.29, 0.717) is 6.04 Å². The van der Waals surface area contributed by atoms with Crippen LogP contribution in [0.15, 0.2) is 42.7 Å². The molecule has 0 aliphatic rings. The van der Waals surface area contributed by atoms with Crippen molar-refractivity contribution in [1.29, 1.82) is 0 Å². The fourth-order valence-electron chi connectivity index (χ4n) is 3.00. The van der Waals surface area contributed by atoms with Crippen LogP contribution >= 0.6 is 0 Å². The molecule has 0 bridgehead atoms. The van der Waals surface area contributed by atoms with E-state index >= 15 is 0 Å². The molecular formula is C19H25N5. The molecule has 126 valence electrons. The van der Waals surface area contributed by atoms with E-state index in [1.807, 2.05) is 26.2 Å². The molecule has 5 heteroatoms. The molecule has 1 atom stereocenters. The summed E-state index contributed by atoms with van der Waals surface area (Å²) in [5.74, 6) is 0.998. The van der Waals surface area contributed by atoms with E-state index in [9.17, 15) is 0 Å². The first-order chi connectivity index (χ1) is 11.5. The molecule has 2 heterocycles. The Labute approximate surface area is 143 Å². The summed E-state index contributed by atoms with van der Waals surface area (Å²) in [7, 11) is 0. The second kappa shape index (κ2) is 7.01. The van der Waals surface area contributed by atoms with Crippen molar-refractivity contribution in [2.75, 3.05) is 0 Å². The molecule has 0 spiro atoms. The lowest BCUT2D eigenvalue weighted by Gasteiger charge is -2.17. The van der Waals surface area contributed by atoms with Crippen LogP contribution in [0.1, 0.15) is 29.7 Å². The zero-order valence-corrected chi connectivity index (χ0v) is 14.8. The van der Waals surface area contributed by atoms with Crippen LogP contribution in [0.3, 0.4) is 0 Å². The predicted octanol–water partition coefficient (Wildman–Crippen LogP) is 3.17. The standard InChI is InChI=1S/C19H25N5/c1-14-11-16(3)24(22-14)13-15(2)21-12-18-7-5-6-8-19(18)23-10-9-20-17(23)4/h5-11,15,21H,12-13H2,1-4H3/t15-/m1/s1. The van der Waals surface area contributed by atoms with Crippen molar-refractivity contribution < 1.29 is 0 Å². The maximum Gasteiger partial charge on any atom is 0.110 e. The van der Waals surface area contributed by atoms with Crippen molar-refractivity contribution in [2.24, 2.45) is 0 Å². The Morgan fingerprint density at radius 3 is 2.62 bits per heavy atom. The van der Waals surface area contributed by atoms with E-state index in [1.54, 1.807) is 0 Å². The Balaban J connectivity index is 1.69. The van der Waals surface area contributed by atoms with Crippen LogP contribution in [-0.4, -0.2) is 25.4 Å². The Kier molecular flexibility index (Phi) is 4.81. The van der Waals surface area contributed by atoms with Gasteiger partial charge >= 0.3 is 0 Å². The molecule has 1 N–H and O–H groups in total. The Morgan fingerprint density at radius 2 is 1.96 bits per heavy atom. The second-order valence-corrected chi connectivity index (χ2v) is 6.36. The van der Waals surface area contributed by atoms with Gasteiger partial charge in [0.15, 0.2) is 0 Å². The fourth-order valence-corrected chi connectivity index (χ4v) is 3.00. The van der Waals surface area contributed by atoms with Gasteiger partial charge in [0.2, 0.25) is 0 Å². The zero-order valence-electron chi connectivity index (χ0n) is 14.8. The van der Waals surface area contributed by atoms with Crippen molar-refractivity contribution in [3.63, 3.8) is 0 Å². The van der Waals surface area contributed by atoms with Crippen LogP contribution in [0.2, 0.25) is 0 Å². The number of imidazole rings is 1. The van der Waals surface area contributed by atoms with Gasteiger partial charge in [-0.2, -0.15) is 5.10 Å². The molecule has 0 saturated heterocycles. The van der Waals surface area contributed by atoms with Gasteiger partial charge < -0.3 is 9.88 Å². The van der Waals surface area contributed by atoms with Gasteiger partial charge in [-0.05, 0) is 45.4 Å². The van der Waals surface area contributed by atoms with E-state index in [0.717, 1.165) is 24.6 Å². The molecule has 0 amide bonds. The van der Waals surface area contributed by atoms with Crippen molar-refractivity contribution in [3.05, 3.63) is 65.5 Å². The summed E-state index contributed by atoms with van der Waals surface area (Å²) in [6, 6.07) is 10.9. The third kappa shape index (κ3) is 3.57. The molecule has 0 unspecified atom stereocenters. The lowest BCUT2D eigenvalue weighted by molar-refractivity contribution is 0.443. The molecule has 1 aromatic carbocycles. The number of hydrogen-bond acceptors (Lipinski definition) is 3. The summed E-state index contributed by atoms with van der Waals surface area (Å²) in [6.07, 6.45) is 3.85. The molecule has 0 aliphatic carbocycles. The number of nitrogens with one attached hydrogen (secondary N) is 1. The predicted molar refractivity (Wildman–Crippen MR) is 96.3 cm³/mol. The Morgan fingerprint density at radius 1 is 1.17 bits per heavy atom. The third-order valence-electron chi connectivity index (χ3n) is 4.27. The number of aromatic nitrogens is 4. The average Bonchev–Trinajstić information content (AvgIpc) is 3.11. The normalized spacial score (nSPS) is 12.5. The molecule has 0 radical (unpaired) electrons. The minimum Gasteiger partial charge on any atom is -0.308 e. The molecular weight excluding hydrogens is 298 g/mol. The van der Waals surface area contributed by atoms with Gasteiger partial charge in [0.25, 0.3) is 0 Å². The topological polar surface area (TPSA) is 47.7 Å². The van der Waals surface area contributed by atoms with Crippen molar-refractivity contribution in [3.8, 4) is 5.69 Å². The summed E-state index contributed by atoms with van der Waals surface area (Å²) < 4.78 is 4.20. The highest BCUT2D eigenvalue weighted by molar-refractivity contribution is 5.41. The summed E-state index contributed by atoms with van der Waals surface area (Å²) in [4.78, 5) is 4.33. The van der Waals surface area contributed by atoms with Gasteiger partial charge in [0, 0.05) is 30.7 Å². The first kappa shape index (κ1) is 16.5. The maximum absolute atomic E-state index is 4.54. The van der Waals surface area contributed by atoms with Crippen LogP contribution in [0, 0.1) is 20.8 Å². The molecule has 5 nitrogen and oxygen atoms in total. The molecule has 0 saturated carbocycles. The summed E-state index contributed by atoms with van der Waals surface area (Å²) >= 11 is 0. The summed E-state index contributed by atoms with van der Waals surface area (Å²) in [5.41, 5.74) is 4.72. The first-order valence-electron chi connectivity index (χ1n) is 8.37. The van der Waals surface area contributed by atoms with Crippen molar-refractivity contribution in [1.82, 2.24) is 24.6 Å². The van der Waals surface area contributed by atoms with E-state index in [-0.39, 0.29) is 0 Å². The number of benzene rings is 1. The monoisotopic (exact) mass is 323 g/mol. The van der Waals surface area contributed by atoms with E-state index in [2.05, 4.69) is 68.8 Å². The molecule has 3 rings (SSSR count). The smallest absolute Gasteiger partial charge is 0.110 e. The number of rotatable bonds is 6. The first-order valence-corrected chi connectivity index (χ1v) is 8.37. The average molecular weight is 323 g/mol. The van der Waals surface area contributed by atoms with Gasteiger partial charge in [0.1, 0.15) is 5.82 Å². The van der Waals surface area contributed by atoms with Gasteiger partial charge in [-0.15, -0.1) is 0 Å². The summed E-state index contributed by atoms with van der Waals surface area (Å²) in [6.45, 7) is 10.0. The minimum absolute atomic E-state index is 0.333.